The van der Waals surface area contributed by atoms with Crippen LogP contribution in [-0.4, -0.2) is 0 Å². The van der Waals surface area contributed by atoms with Gasteiger partial charge < -0.3 is 0 Å². The van der Waals surface area contributed by atoms with Gasteiger partial charge in [-0.25, -0.2) is 0 Å². The SMILES string of the molecule is C=C/C=C(\C=C/C)C1(/C(C=C)=C/C)c2ccccc2-c2ccccc21. The highest BCUT2D eigenvalue weighted by Gasteiger charge is 2.46. The van der Waals surface area contributed by atoms with Crippen LogP contribution in [0.3, 0.4) is 0 Å². The van der Waals surface area contributed by atoms with E-state index in [0.29, 0.717) is 0 Å². The van der Waals surface area contributed by atoms with E-state index in [1.165, 1.54) is 33.4 Å². The van der Waals surface area contributed by atoms with Gasteiger partial charge in [-0.15, -0.1) is 0 Å². The average Bonchev–Trinajstić information content (AvgIpc) is 2.95. The number of hydrogen-bond donors (Lipinski definition) is 0. The Labute approximate surface area is 151 Å². The van der Waals surface area contributed by atoms with Gasteiger partial charge in [0, 0.05) is 0 Å². The Kier molecular flexibility index (Phi) is 4.72. The third kappa shape index (κ3) is 2.37. The summed E-state index contributed by atoms with van der Waals surface area (Å²) >= 11 is 0. The molecule has 0 heteroatoms. The molecule has 0 bridgehead atoms. The van der Waals surface area contributed by atoms with Gasteiger partial charge in [-0.1, -0.05) is 98.1 Å². The molecule has 0 saturated carbocycles. The molecule has 0 spiro atoms. The lowest BCUT2D eigenvalue weighted by molar-refractivity contribution is 0.764. The van der Waals surface area contributed by atoms with Crippen molar-refractivity contribution >= 4 is 0 Å². The first kappa shape index (κ1) is 17.0. The van der Waals surface area contributed by atoms with E-state index in [0.717, 1.165) is 0 Å². The molecule has 2 aromatic carbocycles. The van der Waals surface area contributed by atoms with Gasteiger partial charge in [0.05, 0.1) is 5.41 Å². The van der Waals surface area contributed by atoms with Gasteiger partial charge >= 0.3 is 0 Å². The molecule has 0 N–H and O–H groups in total. The Balaban J connectivity index is 2.54. The van der Waals surface area contributed by atoms with Crippen molar-refractivity contribution in [2.45, 2.75) is 19.3 Å². The number of allylic oxidation sites excluding steroid dienone is 8. The summed E-state index contributed by atoms with van der Waals surface area (Å²) < 4.78 is 0. The molecule has 0 aromatic heterocycles. The summed E-state index contributed by atoms with van der Waals surface area (Å²) in [6.45, 7) is 12.2. The fourth-order valence-electron chi connectivity index (χ4n) is 4.12. The zero-order valence-corrected chi connectivity index (χ0v) is 15.0. The van der Waals surface area contributed by atoms with Crippen LogP contribution < -0.4 is 0 Å². The first-order chi connectivity index (χ1) is 12.2. The quantitative estimate of drug-likeness (QED) is 0.532. The van der Waals surface area contributed by atoms with E-state index in [2.05, 4.69) is 99.8 Å². The van der Waals surface area contributed by atoms with Crippen LogP contribution in [0.4, 0.5) is 0 Å². The van der Waals surface area contributed by atoms with Gasteiger partial charge in [0.25, 0.3) is 0 Å². The van der Waals surface area contributed by atoms with E-state index >= 15 is 0 Å². The molecular formula is C25H24. The predicted molar refractivity (Wildman–Crippen MR) is 110 cm³/mol. The Morgan fingerprint density at radius 2 is 1.40 bits per heavy atom. The van der Waals surface area contributed by atoms with Gasteiger partial charge in [0.1, 0.15) is 0 Å². The highest BCUT2D eigenvalue weighted by Crippen LogP contribution is 2.56. The lowest BCUT2D eigenvalue weighted by Crippen LogP contribution is -2.29. The van der Waals surface area contributed by atoms with Crippen LogP contribution in [0.5, 0.6) is 0 Å². The Bertz CT molecular complexity index is 858. The number of rotatable bonds is 5. The molecule has 0 nitrogen and oxygen atoms in total. The molecule has 124 valence electrons. The van der Waals surface area contributed by atoms with Crippen molar-refractivity contribution < 1.29 is 0 Å². The van der Waals surface area contributed by atoms with Crippen molar-refractivity contribution in [3.63, 3.8) is 0 Å². The summed E-state index contributed by atoms with van der Waals surface area (Å²) in [5.74, 6) is 0. The van der Waals surface area contributed by atoms with Crippen LogP contribution in [0.15, 0.2) is 109 Å². The van der Waals surface area contributed by atoms with E-state index in [4.69, 9.17) is 0 Å². The largest absolute Gasteiger partial charge is 0.0991 e. The van der Waals surface area contributed by atoms with Crippen molar-refractivity contribution in [1.82, 2.24) is 0 Å². The first-order valence-corrected chi connectivity index (χ1v) is 8.70. The van der Waals surface area contributed by atoms with Crippen LogP contribution >= 0.6 is 0 Å². The molecule has 1 aliphatic rings. The lowest BCUT2D eigenvalue weighted by Gasteiger charge is -2.35. The number of fused-ring (bicyclic) bond motifs is 3. The van der Waals surface area contributed by atoms with Gasteiger partial charge in [-0.2, -0.15) is 0 Å². The summed E-state index contributed by atoms with van der Waals surface area (Å²) in [7, 11) is 0. The summed E-state index contributed by atoms with van der Waals surface area (Å²) in [6, 6.07) is 17.4. The maximum Gasteiger partial charge on any atom is 0.0710 e. The van der Waals surface area contributed by atoms with Gasteiger partial charge in [0.15, 0.2) is 0 Å². The van der Waals surface area contributed by atoms with Crippen molar-refractivity contribution in [3.05, 3.63) is 120 Å². The highest BCUT2D eigenvalue weighted by atomic mass is 14.5. The van der Waals surface area contributed by atoms with Gasteiger partial charge in [-0.3, -0.25) is 0 Å². The maximum absolute atomic E-state index is 4.12. The number of hydrogen-bond acceptors (Lipinski definition) is 0. The van der Waals surface area contributed by atoms with Crippen LogP contribution in [0, 0.1) is 0 Å². The normalized spacial score (nSPS) is 15.8. The highest BCUT2D eigenvalue weighted by molar-refractivity contribution is 5.87. The fourth-order valence-corrected chi connectivity index (χ4v) is 4.12. The Morgan fingerprint density at radius 1 is 0.840 bits per heavy atom. The molecule has 0 amide bonds. The second-order valence-electron chi connectivity index (χ2n) is 6.15. The first-order valence-electron chi connectivity index (χ1n) is 8.70. The summed E-state index contributed by atoms with van der Waals surface area (Å²) in [4.78, 5) is 0. The van der Waals surface area contributed by atoms with Crippen molar-refractivity contribution in [3.8, 4) is 11.1 Å². The standard InChI is InChI=1S/C25H24/c1-5-13-20(14-6-2)25(19(7-3)8-4)23-17-11-9-15-21(23)22-16-10-12-18-24(22)25/h5-18H,1,3H2,2,4H3/b14-6-,19-8+,20-13+. The number of benzene rings is 2. The smallest absolute Gasteiger partial charge is 0.0710 e. The summed E-state index contributed by atoms with van der Waals surface area (Å²) in [5.41, 5.74) is 7.22. The van der Waals surface area contributed by atoms with Crippen molar-refractivity contribution in [2.24, 2.45) is 0 Å². The minimum Gasteiger partial charge on any atom is -0.0991 e. The molecule has 0 unspecified atom stereocenters. The molecule has 0 fully saturated rings. The molecule has 0 saturated heterocycles. The van der Waals surface area contributed by atoms with E-state index in [9.17, 15) is 0 Å². The van der Waals surface area contributed by atoms with Crippen molar-refractivity contribution in [1.29, 1.82) is 0 Å². The summed E-state index contributed by atoms with van der Waals surface area (Å²) in [5, 5.41) is 0. The molecule has 1 aliphatic carbocycles. The van der Waals surface area contributed by atoms with E-state index in [1.54, 1.807) is 0 Å². The molecule has 0 aliphatic heterocycles. The average molecular weight is 324 g/mol. The zero-order valence-electron chi connectivity index (χ0n) is 15.0. The van der Waals surface area contributed by atoms with Crippen LogP contribution in [0.2, 0.25) is 0 Å². The molecule has 0 heterocycles. The van der Waals surface area contributed by atoms with Crippen LogP contribution in [0.25, 0.3) is 11.1 Å². The molecule has 25 heavy (non-hydrogen) atoms. The third-order valence-corrected chi connectivity index (χ3v) is 4.99. The third-order valence-electron chi connectivity index (χ3n) is 4.99. The Hall–Kier alpha value is -2.86. The maximum atomic E-state index is 4.12. The van der Waals surface area contributed by atoms with Crippen LogP contribution in [0.1, 0.15) is 25.0 Å². The van der Waals surface area contributed by atoms with E-state index < -0.39 is 0 Å². The fraction of sp³-hybridized carbons (Fsp3) is 0.120. The van der Waals surface area contributed by atoms with Gasteiger partial charge in [-0.05, 0) is 47.2 Å². The zero-order chi connectivity index (χ0) is 17.9. The van der Waals surface area contributed by atoms with E-state index in [-0.39, 0.29) is 5.41 Å². The molecular weight excluding hydrogens is 300 g/mol. The topological polar surface area (TPSA) is 0 Å². The monoisotopic (exact) mass is 324 g/mol. The summed E-state index contributed by atoms with van der Waals surface area (Å²) in [6.07, 6.45) is 12.4. The minimum atomic E-state index is -0.357. The minimum absolute atomic E-state index is 0.357. The van der Waals surface area contributed by atoms with Crippen molar-refractivity contribution in [2.75, 3.05) is 0 Å². The lowest BCUT2D eigenvalue weighted by atomic mass is 9.66. The molecule has 3 rings (SSSR count). The van der Waals surface area contributed by atoms with E-state index in [1.807, 2.05) is 12.2 Å². The van der Waals surface area contributed by atoms with Gasteiger partial charge in [0.2, 0.25) is 0 Å². The molecule has 0 atom stereocenters. The molecule has 0 radical (unpaired) electrons. The second kappa shape index (κ2) is 6.94. The van der Waals surface area contributed by atoms with Crippen LogP contribution in [-0.2, 0) is 5.41 Å². The predicted octanol–water partition coefficient (Wildman–Crippen LogP) is 6.77. The Morgan fingerprint density at radius 3 is 1.84 bits per heavy atom. The molecule has 2 aromatic rings. The second-order valence-corrected chi connectivity index (χ2v) is 6.15.